The van der Waals surface area contributed by atoms with Gasteiger partial charge < -0.3 is 9.84 Å². The summed E-state index contributed by atoms with van der Waals surface area (Å²) < 4.78 is 5.71. The van der Waals surface area contributed by atoms with Gasteiger partial charge in [0.05, 0.1) is 17.8 Å². The fourth-order valence-electron chi connectivity index (χ4n) is 2.41. The van der Waals surface area contributed by atoms with Gasteiger partial charge in [-0.3, -0.25) is 4.79 Å². The van der Waals surface area contributed by atoms with Crippen LogP contribution in [-0.2, 0) is 6.61 Å². The molecule has 0 saturated carbocycles. The lowest BCUT2D eigenvalue weighted by atomic mass is 10.1. The molecule has 0 spiro atoms. The summed E-state index contributed by atoms with van der Waals surface area (Å²) in [6, 6.07) is 22.5. The summed E-state index contributed by atoms with van der Waals surface area (Å²) in [6.45, 7) is 0.305. The molecule has 0 aliphatic carbocycles. The zero-order chi connectivity index (χ0) is 19.8. The molecule has 0 aliphatic heterocycles. The van der Waals surface area contributed by atoms with Crippen LogP contribution in [0.25, 0.3) is 0 Å². The zero-order valence-corrected chi connectivity index (χ0v) is 14.9. The highest BCUT2D eigenvalue weighted by Crippen LogP contribution is 2.15. The number of hydrogen-bond acceptors (Lipinski definition) is 5. The van der Waals surface area contributed by atoms with Crippen molar-refractivity contribution in [1.29, 1.82) is 5.26 Å². The standard InChI is InChI=1S/C22H17N3O3/c23-13-18-3-1-2-4-19(18)15-28-21-11-5-16(6-12-21)14-24-25-22(27)17-7-9-20(26)10-8-17/h1-12,14,26H,15H2,(H,25,27)/b24-14-. The van der Waals surface area contributed by atoms with Crippen LogP contribution in [0.4, 0.5) is 0 Å². The third-order valence-corrected chi connectivity index (χ3v) is 3.92. The third kappa shape index (κ3) is 4.96. The fraction of sp³-hybridized carbons (Fsp3) is 0.0455. The van der Waals surface area contributed by atoms with Gasteiger partial charge in [0.15, 0.2) is 0 Å². The van der Waals surface area contributed by atoms with Crippen LogP contribution in [0, 0.1) is 11.3 Å². The first-order valence-corrected chi connectivity index (χ1v) is 8.49. The van der Waals surface area contributed by atoms with Crippen LogP contribution in [0.3, 0.4) is 0 Å². The molecule has 0 bridgehead atoms. The number of phenols is 1. The van der Waals surface area contributed by atoms with E-state index >= 15 is 0 Å². The van der Waals surface area contributed by atoms with Crippen LogP contribution in [0.5, 0.6) is 11.5 Å². The fourth-order valence-corrected chi connectivity index (χ4v) is 2.41. The van der Waals surface area contributed by atoms with Crippen molar-refractivity contribution in [2.75, 3.05) is 0 Å². The number of hydrogen-bond donors (Lipinski definition) is 2. The Bertz CT molecular complexity index is 1020. The van der Waals surface area contributed by atoms with E-state index in [0.717, 1.165) is 11.1 Å². The molecular weight excluding hydrogens is 354 g/mol. The summed E-state index contributed by atoms with van der Waals surface area (Å²) in [5, 5.41) is 22.2. The first kappa shape index (κ1) is 18.7. The molecule has 0 radical (unpaired) electrons. The smallest absolute Gasteiger partial charge is 0.271 e. The molecule has 28 heavy (non-hydrogen) atoms. The quantitative estimate of drug-likeness (QED) is 0.511. The maximum atomic E-state index is 11.9. The van der Waals surface area contributed by atoms with E-state index in [4.69, 9.17) is 10.00 Å². The van der Waals surface area contributed by atoms with Gasteiger partial charge in [-0.2, -0.15) is 10.4 Å². The van der Waals surface area contributed by atoms with Crippen molar-refractivity contribution in [3.8, 4) is 17.6 Å². The number of aromatic hydroxyl groups is 1. The molecule has 3 aromatic rings. The number of nitrogens with zero attached hydrogens (tertiary/aromatic N) is 2. The monoisotopic (exact) mass is 371 g/mol. The van der Waals surface area contributed by atoms with Crippen molar-refractivity contribution in [2.24, 2.45) is 5.10 Å². The topological polar surface area (TPSA) is 94.7 Å². The Morgan fingerprint density at radius 2 is 1.79 bits per heavy atom. The summed E-state index contributed by atoms with van der Waals surface area (Å²) in [6.07, 6.45) is 1.52. The SMILES string of the molecule is N#Cc1ccccc1COc1ccc(/C=N\NC(=O)c2ccc(O)cc2)cc1. The Kier molecular flexibility index (Phi) is 6.01. The van der Waals surface area contributed by atoms with Crippen LogP contribution in [-0.4, -0.2) is 17.2 Å². The molecular formula is C22H17N3O3. The van der Waals surface area contributed by atoms with Gasteiger partial charge >= 0.3 is 0 Å². The second kappa shape index (κ2) is 9.01. The van der Waals surface area contributed by atoms with E-state index in [9.17, 15) is 9.90 Å². The molecule has 6 nitrogen and oxygen atoms in total. The number of ether oxygens (including phenoxy) is 1. The van der Waals surface area contributed by atoms with Crippen molar-refractivity contribution in [2.45, 2.75) is 6.61 Å². The van der Waals surface area contributed by atoms with E-state index in [-0.39, 0.29) is 11.7 Å². The lowest BCUT2D eigenvalue weighted by Crippen LogP contribution is -2.17. The van der Waals surface area contributed by atoms with Crippen molar-refractivity contribution in [3.63, 3.8) is 0 Å². The van der Waals surface area contributed by atoms with Gasteiger partial charge in [-0.1, -0.05) is 18.2 Å². The Morgan fingerprint density at radius 1 is 1.07 bits per heavy atom. The Labute approximate surface area is 162 Å². The van der Waals surface area contributed by atoms with Gasteiger partial charge in [-0.15, -0.1) is 0 Å². The van der Waals surface area contributed by atoms with Crippen molar-refractivity contribution in [3.05, 3.63) is 95.1 Å². The van der Waals surface area contributed by atoms with Crippen LogP contribution < -0.4 is 10.2 Å². The number of carbonyl (C=O) groups is 1. The molecule has 6 heteroatoms. The van der Waals surface area contributed by atoms with Crippen LogP contribution in [0.2, 0.25) is 0 Å². The largest absolute Gasteiger partial charge is 0.508 e. The van der Waals surface area contributed by atoms with E-state index in [1.54, 1.807) is 18.2 Å². The number of nitrogens with one attached hydrogen (secondary N) is 1. The van der Waals surface area contributed by atoms with Gasteiger partial charge in [0.2, 0.25) is 0 Å². The second-order valence-electron chi connectivity index (χ2n) is 5.87. The number of carbonyl (C=O) groups excluding carboxylic acids is 1. The summed E-state index contributed by atoms with van der Waals surface area (Å²) in [7, 11) is 0. The lowest BCUT2D eigenvalue weighted by Gasteiger charge is -2.07. The molecule has 0 unspecified atom stereocenters. The van der Waals surface area contributed by atoms with Gasteiger partial charge in [0.1, 0.15) is 18.1 Å². The maximum absolute atomic E-state index is 11.9. The predicted octanol–water partition coefficient (Wildman–Crippen LogP) is 3.61. The predicted molar refractivity (Wildman–Crippen MR) is 105 cm³/mol. The molecule has 0 saturated heterocycles. The molecule has 0 fully saturated rings. The highest BCUT2D eigenvalue weighted by molar-refractivity contribution is 5.94. The van der Waals surface area contributed by atoms with Gasteiger partial charge in [0, 0.05) is 11.1 Å². The average molecular weight is 371 g/mol. The second-order valence-corrected chi connectivity index (χ2v) is 5.87. The number of benzene rings is 3. The summed E-state index contributed by atoms with van der Waals surface area (Å²) in [5.74, 6) is 0.392. The Balaban J connectivity index is 1.54. The number of phenolic OH excluding ortho intramolecular Hbond substituents is 1. The molecule has 0 aliphatic rings. The van der Waals surface area contributed by atoms with Crippen molar-refractivity contribution in [1.82, 2.24) is 5.43 Å². The molecule has 2 N–H and O–H groups in total. The van der Waals surface area contributed by atoms with Crippen LogP contribution >= 0.6 is 0 Å². The molecule has 0 aromatic heterocycles. The summed E-state index contributed by atoms with van der Waals surface area (Å²) in [4.78, 5) is 11.9. The lowest BCUT2D eigenvalue weighted by molar-refractivity contribution is 0.0955. The highest BCUT2D eigenvalue weighted by Gasteiger charge is 2.04. The zero-order valence-electron chi connectivity index (χ0n) is 14.9. The summed E-state index contributed by atoms with van der Waals surface area (Å²) >= 11 is 0. The van der Waals surface area contributed by atoms with Crippen molar-refractivity contribution >= 4 is 12.1 Å². The van der Waals surface area contributed by atoms with Crippen LogP contribution in [0.1, 0.15) is 27.0 Å². The number of hydrazone groups is 1. The van der Waals surface area contributed by atoms with Crippen LogP contribution in [0.15, 0.2) is 77.9 Å². The van der Waals surface area contributed by atoms with E-state index < -0.39 is 0 Å². The molecule has 138 valence electrons. The van der Waals surface area contributed by atoms with E-state index in [1.165, 1.54) is 30.5 Å². The van der Waals surface area contributed by atoms with Crippen molar-refractivity contribution < 1.29 is 14.6 Å². The molecule has 3 aromatic carbocycles. The molecule has 1 amide bonds. The molecule has 0 heterocycles. The third-order valence-electron chi connectivity index (χ3n) is 3.92. The number of nitriles is 1. The van der Waals surface area contributed by atoms with Gasteiger partial charge in [-0.05, 0) is 60.2 Å². The minimum Gasteiger partial charge on any atom is -0.508 e. The van der Waals surface area contributed by atoms with E-state index in [0.29, 0.717) is 23.5 Å². The highest BCUT2D eigenvalue weighted by atomic mass is 16.5. The normalized spacial score (nSPS) is 10.4. The minimum atomic E-state index is -0.368. The number of amides is 1. The van der Waals surface area contributed by atoms with E-state index in [2.05, 4.69) is 16.6 Å². The Hall–Kier alpha value is -4.11. The first-order valence-electron chi connectivity index (χ1n) is 8.49. The first-order chi connectivity index (χ1) is 13.7. The molecule has 3 rings (SSSR count). The Morgan fingerprint density at radius 3 is 2.50 bits per heavy atom. The van der Waals surface area contributed by atoms with Gasteiger partial charge in [0.25, 0.3) is 5.91 Å². The molecule has 0 atom stereocenters. The maximum Gasteiger partial charge on any atom is 0.271 e. The summed E-state index contributed by atoms with van der Waals surface area (Å²) in [5.41, 5.74) is 5.03. The van der Waals surface area contributed by atoms with E-state index in [1.807, 2.05) is 30.3 Å². The minimum absolute atomic E-state index is 0.0958. The number of rotatable bonds is 6. The average Bonchev–Trinajstić information content (AvgIpc) is 2.73. The van der Waals surface area contributed by atoms with Gasteiger partial charge in [-0.25, -0.2) is 5.43 Å².